The van der Waals surface area contributed by atoms with Crippen LogP contribution in [0.1, 0.15) is 12.6 Å². The maximum absolute atomic E-state index is 9.90. The van der Waals surface area contributed by atoms with E-state index >= 15 is 0 Å². The van der Waals surface area contributed by atoms with E-state index < -0.39 is 0 Å². The molecule has 0 radical (unpaired) electrons. The summed E-state index contributed by atoms with van der Waals surface area (Å²) in [4.78, 5) is 13.9. The van der Waals surface area contributed by atoms with Crippen molar-refractivity contribution in [1.29, 1.82) is 0 Å². The molecule has 0 spiro atoms. The van der Waals surface area contributed by atoms with Crippen molar-refractivity contribution >= 4 is 12.1 Å². The Morgan fingerprint density at radius 1 is 1.67 bits per heavy atom. The molecule has 0 unspecified atom stereocenters. The average molecular weight is 163 g/mol. The van der Waals surface area contributed by atoms with E-state index in [4.69, 9.17) is 0 Å². The molecule has 12 heavy (non-hydrogen) atoms. The summed E-state index contributed by atoms with van der Waals surface area (Å²) in [6.45, 7) is 1.78. The summed E-state index contributed by atoms with van der Waals surface area (Å²) in [7, 11) is 0. The van der Waals surface area contributed by atoms with Crippen LogP contribution in [-0.2, 0) is 4.79 Å². The minimum atomic E-state index is 0.520. The van der Waals surface area contributed by atoms with Crippen LogP contribution in [0.25, 0.3) is 0 Å². The molecule has 4 nitrogen and oxygen atoms in total. The van der Waals surface area contributed by atoms with Crippen molar-refractivity contribution in [3.05, 3.63) is 30.1 Å². The number of hydrogen-bond acceptors (Lipinski definition) is 3. The Morgan fingerprint density at radius 2 is 2.50 bits per heavy atom. The van der Waals surface area contributed by atoms with Gasteiger partial charge in [0, 0.05) is 6.20 Å². The van der Waals surface area contributed by atoms with Gasteiger partial charge in [0.1, 0.15) is 0 Å². The van der Waals surface area contributed by atoms with Crippen molar-refractivity contribution in [1.82, 2.24) is 10.4 Å². The Labute approximate surface area is 70.3 Å². The molecule has 1 N–H and O–H groups in total. The monoisotopic (exact) mass is 163 g/mol. The molecule has 0 saturated carbocycles. The molecular weight excluding hydrogens is 154 g/mol. The van der Waals surface area contributed by atoms with Crippen LogP contribution in [0.4, 0.5) is 0 Å². The number of carbonyl (C=O) groups excluding carboxylic acids is 1. The lowest BCUT2D eigenvalue weighted by Crippen LogP contribution is -2.07. The first-order valence-electron chi connectivity index (χ1n) is 3.49. The van der Waals surface area contributed by atoms with Gasteiger partial charge in [-0.3, -0.25) is 9.78 Å². The molecule has 0 aliphatic heterocycles. The molecule has 0 aromatic carbocycles. The van der Waals surface area contributed by atoms with Crippen LogP contribution >= 0.6 is 0 Å². The molecule has 4 heteroatoms. The highest BCUT2D eigenvalue weighted by atomic mass is 16.1. The van der Waals surface area contributed by atoms with Crippen LogP contribution in [0, 0.1) is 0 Å². The molecule has 0 fully saturated rings. The fourth-order valence-electron chi connectivity index (χ4n) is 0.757. The van der Waals surface area contributed by atoms with Gasteiger partial charge in [0.2, 0.25) is 6.41 Å². The molecule has 1 aromatic heterocycles. The molecule has 1 rings (SSSR count). The Hall–Kier alpha value is -1.71. The molecule has 1 amide bonds. The topological polar surface area (TPSA) is 54.4 Å². The molecule has 0 bridgehead atoms. The lowest BCUT2D eigenvalue weighted by molar-refractivity contribution is -0.109. The summed E-state index contributed by atoms with van der Waals surface area (Å²) in [6, 6.07) is 5.51. The van der Waals surface area contributed by atoms with E-state index in [0.29, 0.717) is 12.1 Å². The lowest BCUT2D eigenvalue weighted by Gasteiger charge is -1.96. The zero-order valence-corrected chi connectivity index (χ0v) is 6.69. The van der Waals surface area contributed by atoms with Crippen molar-refractivity contribution in [2.75, 3.05) is 0 Å². The van der Waals surface area contributed by atoms with Crippen LogP contribution in [0.3, 0.4) is 0 Å². The van der Waals surface area contributed by atoms with Crippen LogP contribution in [0.2, 0.25) is 0 Å². The number of amides is 1. The van der Waals surface area contributed by atoms with Crippen molar-refractivity contribution < 1.29 is 4.79 Å². The third-order valence-electron chi connectivity index (χ3n) is 1.32. The summed E-state index contributed by atoms with van der Waals surface area (Å²) < 4.78 is 0. The second kappa shape index (κ2) is 4.23. The van der Waals surface area contributed by atoms with Gasteiger partial charge in [-0.25, -0.2) is 5.43 Å². The van der Waals surface area contributed by atoms with Crippen molar-refractivity contribution in [2.24, 2.45) is 5.10 Å². The van der Waals surface area contributed by atoms with Crippen molar-refractivity contribution in [2.45, 2.75) is 6.92 Å². The minimum absolute atomic E-state index is 0.520. The summed E-state index contributed by atoms with van der Waals surface area (Å²) in [5.74, 6) is 0. The van der Waals surface area contributed by atoms with E-state index in [2.05, 4.69) is 15.5 Å². The maximum Gasteiger partial charge on any atom is 0.227 e. The van der Waals surface area contributed by atoms with Crippen LogP contribution < -0.4 is 5.43 Å². The van der Waals surface area contributed by atoms with Gasteiger partial charge in [0.25, 0.3) is 0 Å². The third-order valence-corrected chi connectivity index (χ3v) is 1.32. The van der Waals surface area contributed by atoms with E-state index in [9.17, 15) is 4.79 Å². The largest absolute Gasteiger partial charge is 0.277 e. The van der Waals surface area contributed by atoms with E-state index in [-0.39, 0.29) is 0 Å². The van der Waals surface area contributed by atoms with E-state index in [0.717, 1.165) is 5.69 Å². The lowest BCUT2D eigenvalue weighted by atomic mass is 10.3. The predicted octanol–water partition coefficient (Wildman–Crippen LogP) is 0.552. The first-order chi connectivity index (χ1) is 5.84. The number of nitrogens with zero attached hydrogens (tertiary/aromatic N) is 2. The second-order valence-corrected chi connectivity index (χ2v) is 2.16. The minimum Gasteiger partial charge on any atom is -0.277 e. The average Bonchev–Trinajstić information content (AvgIpc) is 2.15. The van der Waals surface area contributed by atoms with Gasteiger partial charge in [0.15, 0.2) is 0 Å². The van der Waals surface area contributed by atoms with Crippen molar-refractivity contribution in [3.8, 4) is 0 Å². The van der Waals surface area contributed by atoms with Gasteiger partial charge in [0.05, 0.1) is 11.4 Å². The molecule has 0 saturated heterocycles. The number of hydrazone groups is 1. The van der Waals surface area contributed by atoms with Crippen molar-refractivity contribution in [3.63, 3.8) is 0 Å². The van der Waals surface area contributed by atoms with E-state index in [1.165, 1.54) is 0 Å². The molecule has 0 atom stereocenters. The SMILES string of the molecule is C/C(=N\NC=O)c1ccccn1. The molecule has 0 aliphatic rings. The normalized spacial score (nSPS) is 10.9. The Balaban J connectivity index is 2.77. The van der Waals surface area contributed by atoms with Crippen LogP contribution in [-0.4, -0.2) is 17.1 Å². The highest BCUT2D eigenvalue weighted by molar-refractivity contribution is 5.96. The van der Waals surface area contributed by atoms with Gasteiger partial charge in [-0.05, 0) is 19.1 Å². The van der Waals surface area contributed by atoms with Gasteiger partial charge >= 0.3 is 0 Å². The number of hydrogen-bond donors (Lipinski definition) is 1. The maximum atomic E-state index is 9.90. The highest BCUT2D eigenvalue weighted by Crippen LogP contribution is 1.94. The number of pyridine rings is 1. The Kier molecular flexibility index (Phi) is 2.95. The quantitative estimate of drug-likeness (QED) is 0.402. The molecular formula is C8H9N3O. The number of nitrogens with one attached hydrogen (secondary N) is 1. The van der Waals surface area contributed by atoms with Crippen LogP contribution in [0.5, 0.6) is 0 Å². The smallest absolute Gasteiger partial charge is 0.227 e. The zero-order chi connectivity index (χ0) is 8.81. The number of carbonyl (C=O) groups is 1. The van der Waals surface area contributed by atoms with E-state index in [1.807, 2.05) is 18.2 Å². The van der Waals surface area contributed by atoms with Gasteiger partial charge < -0.3 is 0 Å². The summed E-state index contributed by atoms with van der Waals surface area (Å²) >= 11 is 0. The summed E-state index contributed by atoms with van der Waals surface area (Å²) in [5, 5.41) is 3.75. The van der Waals surface area contributed by atoms with Gasteiger partial charge in [-0.15, -0.1) is 0 Å². The molecule has 1 heterocycles. The molecule has 1 aromatic rings. The Morgan fingerprint density at radius 3 is 3.08 bits per heavy atom. The zero-order valence-electron chi connectivity index (χ0n) is 6.69. The molecule has 0 aliphatic carbocycles. The fraction of sp³-hybridized carbons (Fsp3) is 0.125. The standard InChI is InChI=1S/C8H9N3O/c1-7(11-10-6-12)8-4-2-3-5-9-8/h2-6H,1H3,(H,10,12)/b11-7+. The fourth-order valence-corrected chi connectivity index (χ4v) is 0.757. The highest BCUT2D eigenvalue weighted by Gasteiger charge is 1.95. The predicted molar refractivity (Wildman–Crippen MR) is 45.6 cm³/mol. The number of rotatable bonds is 3. The second-order valence-electron chi connectivity index (χ2n) is 2.16. The Bertz CT molecular complexity index is 282. The molecule has 62 valence electrons. The first kappa shape index (κ1) is 8.39. The summed E-state index contributed by atoms with van der Waals surface area (Å²) in [6.07, 6.45) is 2.20. The van der Waals surface area contributed by atoms with Gasteiger partial charge in [-0.1, -0.05) is 6.07 Å². The van der Waals surface area contributed by atoms with E-state index in [1.54, 1.807) is 13.1 Å². The first-order valence-corrected chi connectivity index (χ1v) is 3.49. The van der Waals surface area contributed by atoms with Gasteiger partial charge in [-0.2, -0.15) is 5.10 Å². The summed E-state index contributed by atoms with van der Waals surface area (Å²) in [5.41, 5.74) is 3.65. The third kappa shape index (κ3) is 2.16. The number of aromatic nitrogens is 1. The van der Waals surface area contributed by atoms with Crippen LogP contribution in [0.15, 0.2) is 29.5 Å².